The molecule has 0 bridgehead atoms. The van der Waals surface area contributed by atoms with Crippen molar-refractivity contribution in [2.75, 3.05) is 12.4 Å². The molecule has 1 atom stereocenters. The maximum absolute atomic E-state index is 12.6. The van der Waals surface area contributed by atoms with Crippen LogP contribution in [0.4, 0.5) is 5.69 Å². The van der Waals surface area contributed by atoms with Crippen LogP contribution in [-0.2, 0) is 17.9 Å². The lowest BCUT2D eigenvalue weighted by atomic mass is 10.2. The van der Waals surface area contributed by atoms with Crippen molar-refractivity contribution in [3.05, 3.63) is 65.5 Å². The van der Waals surface area contributed by atoms with Crippen molar-refractivity contribution in [3.63, 3.8) is 0 Å². The number of hydrogen-bond donors (Lipinski definition) is 2. The van der Waals surface area contributed by atoms with E-state index in [1.54, 1.807) is 31.4 Å². The summed E-state index contributed by atoms with van der Waals surface area (Å²) in [6.07, 6.45) is 0. The summed E-state index contributed by atoms with van der Waals surface area (Å²) in [6, 6.07) is 14.6. The van der Waals surface area contributed by atoms with Gasteiger partial charge >= 0.3 is 0 Å². The molecule has 8 nitrogen and oxygen atoms in total. The molecule has 2 aromatic carbocycles. The molecular weight excluding hydrogens is 426 g/mol. The molecule has 0 aliphatic rings. The molecule has 0 saturated heterocycles. The molecule has 9 heteroatoms. The summed E-state index contributed by atoms with van der Waals surface area (Å²) < 4.78 is 7.06. The number of nitrogens with zero attached hydrogens (tertiary/aromatic N) is 3. The fourth-order valence-corrected chi connectivity index (χ4v) is 3.90. The Kier molecular flexibility index (Phi) is 7.88. The van der Waals surface area contributed by atoms with Crippen molar-refractivity contribution < 1.29 is 14.3 Å². The van der Waals surface area contributed by atoms with E-state index in [0.29, 0.717) is 28.8 Å². The molecule has 1 aromatic heterocycles. The van der Waals surface area contributed by atoms with Gasteiger partial charge in [-0.2, -0.15) is 0 Å². The van der Waals surface area contributed by atoms with Gasteiger partial charge in [-0.25, -0.2) is 0 Å². The lowest BCUT2D eigenvalue weighted by Gasteiger charge is -2.13. The van der Waals surface area contributed by atoms with Crippen molar-refractivity contribution in [2.24, 2.45) is 0 Å². The van der Waals surface area contributed by atoms with Crippen molar-refractivity contribution >= 4 is 29.3 Å². The number of thioether (sulfide) groups is 1. The van der Waals surface area contributed by atoms with Crippen LogP contribution < -0.4 is 15.4 Å². The highest BCUT2D eigenvalue weighted by atomic mass is 32.2. The van der Waals surface area contributed by atoms with Gasteiger partial charge in [0.1, 0.15) is 5.75 Å². The first-order valence-corrected chi connectivity index (χ1v) is 11.2. The molecule has 3 rings (SSSR count). The van der Waals surface area contributed by atoms with E-state index in [2.05, 4.69) is 20.8 Å². The van der Waals surface area contributed by atoms with Crippen molar-refractivity contribution in [3.8, 4) is 5.75 Å². The molecule has 2 N–H and O–H groups in total. The molecule has 0 saturated carbocycles. The zero-order valence-corrected chi connectivity index (χ0v) is 19.4. The molecule has 1 heterocycles. The second kappa shape index (κ2) is 10.8. The van der Waals surface area contributed by atoms with Crippen molar-refractivity contribution in [1.82, 2.24) is 20.1 Å². The average molecular weight is 454 g/mol. The Balaban J connectivity index is 1.61. The number of benzene rings is 2. The summed E-state index contributed by atoms with van der Waals surface area (Å²) in [5, 5.41) is 14.5. The standard InChI is InChI=1S/C23H27N5O3S/c1-5-28-20(14-24-22(30)17-7-6-8-19(13-17)31-4)26-27-23(28)32-16(3)21(29)25-18-11-9-15(2)10-12-18/h6-13,16H,5,14H2,1-4H3,(H,24,30)(H,25,29). The molecule has 32 heavy (non-hydrogen) atoms. The van der Waals surface area contributed by atoms with Gasteiger partial charge < -0.3 is 19.9 Å². The number of methoxy groups -OCH3 is 1. The van der Waals surface area contributed by atoms with Crippen LogP contribution in [0.3, 0.4) is 0 Å². The number of amides is 2. The molecule has 0 spiro atoms. The van der Waals surface area contributed by atoms with Gasteiger partial charge in [0, 0.05) is 17.8 Å². The van der Waals surface area contributed by atoms with Gasteiger partial charge in [-0.3, -0.25) is 9.59 Å². The van der Waals surface area contributed by atoms with Crippen LogP contribution in [0.2, 0.25) is 0 Å². The molecule has 168 valence electrons. The van der Waals surface area contributed by atoms with Gasteiger partial charge in [0.2, 0.25) is 5.91 Å². The Morgan fingerprint density at radius 2 is 1.91 bits per heavy atom. The topological polar surface area (TPSA) is 98.1 Å². The second-order valence-electron chi connectivity index (χ2n) is 7.17. The average Bonchev–Trinajstić information content (AvgIpc) is 3.20. The third-order valence-corrected chi connectivity index (χ3v) is 5.90. The molecule has 1 unspecified atom stereocenters. The van der Waals surface area contributed by atoms with E-state index in [-0.39, 0.29) is 23.6 Å². The number of ether oxygens (including phenoxy) is 1. The van der Waals surface area contributed by atoms with Gasteiger partial charge in [0.25, 0.3) is 5.91 Å². The van der Waals surface area contributed by atoms with E-state index < -0.39 is 0 Å². The maximum Gasteiger partial charge on any atom is 0.251 e. The number of nitrogens with one attached hydrogen (secondary N) is 2. The first-order chi connectivity index (χ1) is 15.4. The Bertz CT molecular complexity index is 1080. The van der Waals surface area contributed by atoms with E-state index >= 15 is 0 Å². The van der Waals surface area contributed by atoms with Crippen LogP contribution in [0.5, 0.6) is 5.75 Å². The second-order valence-corrected chi connectivity index (χ2v) is 8.48. The minimum Gasteiger partial charge on any atom is -0.497 e. The molecule has 2 amide bonds. The van der Waals surface area contributed by atoms with Crippen LogP contribution in [-0.4, -0.2) is 38.9 Å². The third kappa shape index (κ3) is 5.88. The Morgan fingerprint density at radius 1 is 1.16 bits per heavy atom. The van der Waals surface area contributed by atoms with Crippen LogP contribution in [0.15, 0.2) is 53.7 Å². The molecule has 0 aliphatic carbocycles. The van der Waals surface area contributed by atoms with E-state index in [1.807, 2.05) is 49.6 Å². The van der Waals surface area contributed by atoms with E-state index in [4.69, 9.17) is 4.74 Å². The summed E-state index contributed by atoms with van der Waals surface area (Å²) >= 11 is 1.33. The smallest absolute Gasteiger partial charge is 0.251 e. The van der Waals surface area contributed by atoms with Gasteiger partial charge in [-0.05, 0) is 51.1 Å². The number of carbonyl (C=O) groups excluding carboxylic acids is 2. The van der Waals surface area contributed by atoms with Crippen LogP contribution in [0.1, 0.15) is 35.6 Å². The highest BCUT2D eigenvalue weighted by Crippen LogP contribution is 2.24. The SMILES string of the molecule is CCn1c(CNC(=O)c2cccc(OC)c2)nnc1SC(C)C(=O)Nc1ccc(C)cc1. The third-order valence-electron chi connectivity index (χ3n) is 4.82. The number of rotatable bonds is 9. The molecule has 3 aromatic rings. The summed E-state index contributed by atoms with van der Waals surface area (Å²) in [7, 11) is 1.56. The van der Waals surface area contributed by atoms with Crippen LogP contribution in [0, 0.1) is 6.92 Å². The Morgan fingerprint density at radius 3 is 2.59 bits per heavy atom. The summed E-state index contributed by atoms with van der Waals surface area (Å²) in [4.78, 5) is 25.0. The van der Waals surface area contributed by atoms with Gasteiger partial charge in [-0.1, -0.05) is 35.5 Å². The number of aromatic nitrogens is 3. The fraction of sp³-hybridized carbons (Fsp3) is 0.304. The molecule has 0 fully saturated rings. The predicted octanol–water partition coefficient (Wildman–Crippen LogP) is 3.66. The van der Waals surface area contributed by atoms with E-state index in [9.17, 15) is 9.59 Å². The first-order valence-electron chi connectivity index (χ1n) is 10.3. The van der Waals surface area contributed by atoms with Crippen molar-refractivity contribution in [2.45, 2.75) is 44.3 Å². The molecule has 0 aliphatic heterocycles. The minimum atomic E-state index is -0.370. The largest absolute Gasteiger partial charge is 0.497 e. The van der Waals surface area contributed by atoms with E-state index in [0.717, 1.165) is 11.3 Å². The van der Waals surface area contributed by atoms with E-state index in [1.165, 1.54) is 11.8 Å². The van der Waals surface area contributed by atoms with Gasteiger partial charge in [0.15, 0.2) is 11.0 Å². The van der Waals surface area contributed by atoms with Crippen LogP contribution >= 0.6 is 11.8 Å². The first kappa shape index (κ1) is 23.3. The normalized spacial score (nSPS) is 11.6. The number of carbonyl (C=O) groups is 2. The zero-order chi connectivity index (χ0) is 23.1. The number of anilines is 1. The minimum absolute atomic E-state index is 0.114. The van der Waals surface area contributed by atoms with Crippen molar-refractivity contribution in [1.29, 1.82) is 0 Å². The Labute approximate surface area is 191 Å². The number of hydrogen-bond acceptors (Lipinski definition) is 6. The zero-order valence-electron chi connectivity index (χ0n) is 18.6. The Hall–Kier alpha value is -3.33. The van der Waals surface area contributed by atoms with Gasteiger partial charge in [-0.15, -0.1) is 10.2 Å². The maximum atomic E-state index is 12.6. The molecular formula is C23H27N5O3S. The van der Waals surface area contributed by atoms with Gasteiger partial charge in [0.05, 0.1) is 18.9 Å². The summed E-state index contributed by atoms with van der Waals surface area (Å²) in [5.74, 6) is 0.898. The summed E-state index contributed by atoms with van der Waals surface area (Å²) in [5.41, 5.74) is 2.39. The fourth-order valence-electron chi connectivity index (χ4n) is 2.97. The highest BCUT2D eigenvalue weighted by molar-refractivity contribution is 8.00. The quantitative estimate of drug-likeness (QED) is 0.480. The van der Waals surface area contributed by atoms with Crippen LogP contribution in [0.25, 0.3) is 0 Å². The number of aryl methyl sites for hydroxylation is 1. The summed E-state index contributed by atoms with van der Waals surface area (Å²) in [6.45, 7) is 6.64. The highest BCUT2D eigenvalue weighted by Gasteiger charge is 2.20. The predicted molar refractivity (Wildman–Crippen MR) is 125 cm³/mol. The monoisotopic (exact) mass is 453 g/mol. The lowest BCUT2D eigenvalue weighted by molar-refractivity contribution is -0.115. The molecule has 0 radical (unpaired) electrons. The lowest BCUT2D eigenvalue weighted by Crippen LogP contribution is -2.25.